The summed E-state index contributed by atoms with van der Waals surface area (Å²) >= 11 is 0. The van der Waals surface area contributed by atoms with E-state index in [1.807, 2.05) is 13.8 Å². The average molecular weight is 290 g/mol. The van der Waals surface area contributed by atoms with Gasteiger partial charge < -0.3 is 10.0 Å². The summed E-state index contributed by atoms with van der Waals surface area (Å²) in [7, 11) is 0. The second-order valence-corrected chi connectivity index (χ2v) is 5.05. The summed E-state index contributed by atoms with van der Waals surface area (Å²) in [4.78, 5) is 28.9. The lowest BCUT2D eigenvalue weighted by atomic mass is 10.2. The second kappa shape index (κ2) is 6.34. The molecular formula is C14H18N4O3. The van der Waals surface area contributed by atoms with Crippen LogP contribution >= 0.6 is 0 Å². The predicted molar refractivity (Wildman–Crippen MR) is 76.0 cm³/mol. The summed E-state index contributed by atoms with van der Waals surface area (Å²) in [6.45, 7) is 4.21. The Kier molecular flexibility index (Phi) is 4.52. The third-order valence-electron chi connectivity index (χ3n) is 3.23. The number of carboxylic acids is 1. The fourth-order valence-electron chi connectivity index (χ4n) is 2.15. The van der Waals surface area contributed by atoms with Crippen molar-refractivity contribution in [2.24, 2.45) is 0 Å². The highest BCUT2D eigenvalue weighted by Gasteiger charge is 2.22. The minimum atomic E-state index is -0.855. The fourth-order valence-corrected chi connectivity index (χ4v) is 2.15. The summed E-state index contributed by atoms with van der Waals surface area (Å²) in [5, 5.41) is 12.8. The number of nitrogens with zero attached hydrogens (tertiary/aromatic N) is 4. The molecule has 0 bridgehead atoms. The zero-order valence-corrected chi connectivity index (χ0v) is 12.1. The van der Waals surface area contributed by atoms with Crippen LogP contribution < -0.4 is 0 Å². The molecule has 112 valence electrons. The molecule has 1 amide bonds. The van der Waals surface area contributed by atoms with E-state index < -0.39 is 5.97 Å². The van der Waals surface area contributed by atoms with Crippen molar-refractivity contribution in [2.75, 3.05) is 6.54 Å². The van der Waals surface area contributed by atoms with Crippen LogP contribution in [0.5, 0.6) is 0 Å². The van der Waals surface area contributed by atoms with Crippen LogP contribution in [0.1, 0.15) is 37.0 Å². The Balaban J connectivity index is 2.20. The molecule has 7 heteroatoms. The van der Waals surface area contributed by atoms with Gasteiger partial charge in [0.1, 0.15) is 0 Å². The fraction of sp³-hybridized carbons (Fsp3) is 0.429. The van der Waals surface area contributed by atoms with E-state index in [4.69, 9.17) is 5.11 Å². The first-order chi connectivity index (χ1) is 10.0. The molecule has 0 unspecified atom stereocenters. The number of carboxylic acid groups (broad SMARTS) is 1. The Morgan fingerprint density at radius 1 is 1.38 bits per heavy atom. The van der Waals surface area contributed by atoms with Gasteiger partial charge in [-0.2, -0.15) is 5.10 Å². The van der Waals surface area contributed by atoms with E-state index in [1.165, 1.54) is 6.20 Å². The van der Waals surface area contributed by atoms with Crippen LogP contribution in [-0.4, -0.2) is 49.1 Å². The molecular weight excluding hydrogens is 272 g/mol. The average Bonchev–Trinajstić information content (AvgIpc) is 2.86. The molecule has 0 radical (unpaired) electrons. The van der Waals surface area contributed by atoms with Crippen LogP contribution in [0.3, 0.4) is 0 Å². The number of hydrogen-bond acceptors (Lipinski definition) is 4. The lowest BCUT2D eigenvalue weighted by Gasteiger charge is -2.26. The van der Waals surface area contributed by atoms with Crippen LogP contribution in [0.25, 0.3) is 5.52 Å². The molecule has 0 aliphatic heterocycles. The number of hydrogen-bond donors (Lipinski definition) is 1. The molecule has 0 saturated heterocycles. The highest BCUT2D eigenvalue weighted by Crippen LogP contribution is 2.14. The van der Waals surface area contributed by atoms with E-state index in [-0.39, 0.29) is 18.4 Å². The summed E-state index contributed by atoms with van der Waals surface area (Å²) in [5.74, 6) is -1.01. The Morgan fingerprint density at radius 3 is 2.81 bits per heavy atom. The SMILES string of the molecule is CC(C)N(CCCC(=O)O)C(=O)c1cnn2ccncc12. The van der Waals surface area contributed by atoms with Gasteiger partial charge in [0.25, 0.3) is 5.91 Å². The Labute approximate surface area is 122 Å². The molecule has 7 nitrogen and oxygen atoms in total. The minimum absolute atomic E-state index is 0.0158. The van der Waals surface area contributed by atoms with E-state index in [0.29, 0.717) is 24.0 Å². The smallest absolute Gasteiger partial charge is 0.303 e. The van der Waals surface area contributed by atoms with E-state index >= 15 is 0 Å². The van der Waals surface area contributed by atoms with Crippen LogP contribution in [0.4, 0.5) is 0 Å². The molecule has 0 aliphatic carbocycles. The molecule has 2 aromatic rings. The number of aliphatic carboxylic acids is 1. The van der Waals surface area contributed by atoms with Gasteiger partial charge in [0.15, 0.2) is 0 Å². The van der Waals surface area contributed by atoms with Crippen LogP contribution in [0.2, 0.25) is 0 Å². The van der Waals surface area contributed by atoms with Crippen LogP contribution in [0.15, 0.2) is 24.8 Å². The summed E-state index contributed by atoms with van der Waals surface area (Å²) in [6.07, 6.45) is 6.86. The van der Waals surface area contributed by atoms with Gasteiger partial charge in [0.2, 0.25) is 0 Å². The maximum absolute atomic E-state index is 12.6. The van der Waals surface area contributed by atoms with Crippen molar-refractivity contribution < 1.29 is 14.7 Å². The van der Waals surface area contributed by atoms with Crippen molar-refractivity contribution >= 4 is 17.4 Å². The Hall–Kier alpha value is -2.44. The third kappa shape index (κ3) is 3.36. The predicted octanol–water partition coefficient (Wildman–Crippen LogP) is 1.44. The summed E-state index contributed by atoms with van der Waals surface area (Å²) < 4.78 is 1.59. The summed E-state index contributed by atoms with van der Waals surface area (Å²) in [5.41, 5.74) is 1.12. The van der Waals surface area contributed by atoms with Gasteiger partial charge in [0, 0.05) is 31.4 Å². The topological polar surface area (TPSA) is 87.8 Å². The Bertz CT molecular complexity index is 650. The van der Waals surface area contributed by atoms with Crippen molar-refractivity contribution in [1.82, 2.24) is 19.5 Å². The van der Waals surface area contributed by atoms with Gasteiger partial charge in [0.05, 0.1) is 23.5 Å². The molecule has 0 saturated carbocycles. The number of rotatable bonds is 6. The van der Waals surface area contributed by atoms with E-state index in [1.54, 1.807) is 28.0 Å². The maximum Gasteiger partial charge on any atom is 0.303 e. The quantitative estimate of drug-likeness (QED) is 0.869. The first-order valence-corrected chi connectivity index (χ1v) is 6.81. The number of fused-ring (bicyclic) bond motifs is 1. The molecule has 0 atom stereocenters. The first-order valence-electron chi connectivity index (χ1n) is 6.81. The zero-order chi connectivity index (χ0) is 15.4. The molecule has 21 heavy (non-hydrogen) atoms. The van der Waals surface area contributed by atoms with Gasteiger partial charge in [-0.15, -0.1) is 0 Å². The summed E-state index contributed by atoms with van der Waals surface area (Å²) in [6, 6.07) is -0.0158. The highest BCUT2D eigenvalue weighted by atomic mass is 16.4. The normalized spacial score (nSPS) is 11.0. The molecule has 2 rings (SSSR count). The van der Waals surface area contributed by atoms with Gasteiger partial charge in [-0.05, 0) is 20.3 Å². The van der Waals surface area contributed by atoms with Crippen LogP contribution in [-0.2, 0) is 4.79 Å². The molecule has 0 aliphatic rings. The van der Waals surface area contributed by atoms with Crippen molar-refractivity contribution in [3.63, 3.8) is 0 Å². The third-order valence-corrected chi connectivity index (χ3v) is 3.23. The molecule has 0 fully saturated rings. The minimum Gasteiger partial charge on any atom is -0.481 e. The molecule has 0 spiro atoms. The number of aromatic nitrogens is 3. The standard InChI is InChI=1S/C14H18N4O3/c1-10(2)17(6-3-4-13(19)20)14(21)11-8-16-18-7-5-15-9-12(11)18/h5,7-10H,3-4,6H2,1-2H3,(H,19,20). The monoisotopic (exact) mass is 290 g/mol. The van der Waals surface area contributed by atoms with E-state index in [2.05, 4.69) is 10.1 Å². The van der Waals surface area contributed by atoms with E-state index in [9.17, 15) is 9.59 Å². The van der Waals surface area contributed by atoms with Gasteiger partial charge >= 0.3 is 5.97 Å². The van der Waals surface area contributed by atoms with Gasteiger partial charge in [-0.25, -0.2) is 4.52 Å². The first kappa shape index (κ1) is 15.0. The number of carbonyl (C=O) groups excluding carboxylic acids is 1. The maximum atomic E-state index is 12.6. The van der Waals surface area contributed by atoms with Crippen molar-refractivity contribution in [2.45, 2.75) is 32.7 Å². The highest BCUT2D eigenvalue weighted by molar-refractivity contribution is 6.00. The number of amides is 1. The molecule has 0 aromatic carbocycles. The van der Waals surface area contributed by atoms with Crippen molar-refractivity contribution in [1.29, 1.82) is 0 Å². The van der Waals surface area contributed by atoms with E-state index in [0.717, 1.165) is 0 Å². The van der Waals surface area contributed by atoms with Crippen LogP contribution in [0, 0.1) is 0 Å². The lowest BCUT2D eigenvalue weighted by molar-refractivity contribution is -0.137. The molecule has 2 heterocycles. The van der Waals surface area contributed by atoms with Gasteiger partial charge in [-0.3, -0.25) is 14.6 Å². The second-order valence-electron chi connectivity index (χ2n) is 5.05. The lowest BCUT2D eigenvalue weighted by Crippen LogP contribution is -2.37. The van der Waals surface area contributed by atoms with Crippen molar-refractivity contribution in [3.8, 4) is 0 Å². The molecule has 1 N–H and O–H groups in total. The number of carbonyl (C=O) groups is 2. The largest absolute Gasteiger partial charge is 0.481 e. The molecule has 2 aromatic heterocycles. The van der Waals surface area contributed by atoms with Gasteiger partial charge in [-0.1, -0.05) is 0 Å². The zero-order valence-electron chi connectivity index (χ0n) is 12.1. The van der Waals surface area contributed by atoms with Crippen molar-refractivity contribution in [3.05, 3.63) is 30.4 Å². The Morgan fingerprint density at radius 2 is 2.14 bits per heavy atom.